The summed E-state index contributed by atoms with van der Waals surface area (Å²) in [5.74, 6) is 0.505. The van der Waals surface area contributed by atoms with E-state index < -0.39 is 0 Å². The van der Waals surface area contributed by atoms with Crippen LogP contribution in [-0.2, 0) is 0 Å². The van der Waals surface area contributed by atoms with Crippen LogP contribution in [0, 0.1) is 13.8 Å². The molecule has 0 fully saturated rings. The van der Waals surface area contributed by atoms with E-state index >= 15 is 0 Å². The molecule has 0 unspecified atom stereocenters. The number of ether oxygens (including phenoxy) is 1. The van der Waals surface area contributed by atoms with Crippen LogP contribution in [0.3, 0.4) is 0 Å². The molecule has 0 radical (unpaired) electrons. The van der Waals surface area contributed by atoms with E-state index in [1.165, 1.54) is 5.56 Å². The zero-order valence-corrected chi connectivity index (χ0v) is 12.3. The van der Waals surface area contributed by atoms with Crippen LogP contribution in [0.5, 0.6) is 5.75 Å². The smallest absolute Gasteiger partial charge is 0.255 e. The minimum atomic E-state index is -0.151. The fourth-order valence-electron chi connectivity index (χ4n) is 1.90. The van der Waals surface area contributed by atoms with Gasteiger partial charge in [0.15, 0.2) is 0 Å². The van der Waals surface area contributed by atoms with Crippen molar-refractivity contribution in [3.63, 3.8) is 0 Å². The first-order valence-electron chi connectivity index (χ1n) is 6.82. The second kappa shape index (κ2) is 6.75. The van der Waals surface area contributed by atoms with Gasteiger partial charge in [-0.05, 0) is 55.3 Å². The number of benzene rings is 2. The molecule has 2 aromatic carbocycles. The Morgan fingerprint density at radius 1 is 1.19 bits per heavy atom. The molecule has 0 aromatic heterocycles. The lowest BCUT2D eigenvalue weighted by atomic mass is 10.1. The van der Waals surface area contributed by atoms with Crippen molar-refractivity contribution in [2.45, 2.75) is 13.8 Å². The van der Waals surface area contributed by atoms with Crippen molar-refractivity contribution >= 4 is 11.6 Å². The largest absolute Gasteiger partial charge is 0.490 e. The average Bonchev–Trinajstić information content (AvgIpc) is 2.49. The van der Waals surface area contributed by atoms with Crippen LogP contribution in [-0.4, -0.2) is 12.5 Å². The third kappa shape index (κ3) is 3.96. The molecule has 2 aromatic rings. The second-order valence-corrected chi connectivity index (χ2v) is 4.88. The topological polar surface area (TPSA) is 38.3 Å². The highest BCUT2D eigenvalue weighted by Crippen LogP contribution is 2.17. The summed E-state index contributed by atoms with van der Waals surface area (Å²) in [6.45, 7) is 8.08. The number of amides is 1. The van der Waals surface area contributed by atoms with E-state index in [1.807, 2.05) is 38.1 Å². The number of carbonyl (C=O) groups is 1. The van der Waals surface area contributed by atoms with Crippen LogP contribution >= 0.6 is 0 Å². The average molecular weight is 281 g/mol. The van der Waals surface area contributed by atoms with Gasteiger partial charge in [-0.3, -0.25) is 4.79 Å². The third-order valence-electron chi connectivity index (χ3n) is 3.23. The molecule has 0 spiro atoms. The van der Waals surface area contributed by atoms with Gasteiger partial charge in [-0.25, -0.2) is 0 Å². The van der Waals surface area contributed by atoms with Gasteiger partial charge in [0.25, 0.3) is 5.91 Å². The van der Waals surface area contributed by atoms with E-state index in [-0.39, 0.29) is 5.91 Å². The van der Waals surface area contributed by atoms with Crippen LogP contribution in [0.1, 0.15) is 21.5 Å². The highest BCUT2D eigenvalue weighted by atomic mass is 16.5. The van der Waals surface area contributed by atoms with Crippen molar-refractivity contribution in [3.05, 3.63) is 71.8 Å². The minimum Gasteiger partial charge on any atom is -0.490 e. The summed E-state index contributed by atoms with van der Waals surface area (Å²) in [6, 6.07) is 13.0. The van der Waals surface area contributed by atoms with Crippen LogP contribution in [0.15, 0.2) is 55.1 Å². The highest BCUT2D eigenvalue weighted by molar-refractivity contribution is 6.04. The first-order chi connectivity index (χ1) is 10.1. The van der Waals surface area contributed by atoms with Gasteiger partial charge in [-0.15, -0.1) is 0 Å². The van der Waals surface area contributed by atoms with E-state index in [1.54, 1.807) is 24.3 Å². The fourth-order valence-corrected chi connectivity index (χ4v) is 1.90. The number of hydrogen-bond acceptors (Lipinski definition) is 2. The molecular weight excluding hydrogens is 262 g/mol. The lowest BCUT2D eigenvalue weighted by Crippen LogP contribution is -2.12. The van der Waals surface area contributed by atoms with Gasteiger partial charge < -0.3 is 10.1 Å². The van der Waals surface area contributed by atoms with Gasteiger partial charge in [0.2, 0.25) is 0 Å². The Morgan fingerprint density at radius 2 is 2.00 bits per heavy atom. The SMILES string of the molecule is C=CCOc1cccc(C(=O)Nc2ccc(C)c(C)c2)c1. The second-order valence-electron chi connectivity index (χ2n) is 4.88. The van der Waals surface area contributed by atoms with Gasteiger partial charge in [-0.1, -0.05) is 24.8 Å². The number of carbonyl (C=O) groups excluding carboxylic acids is 1. The summed E-state index contributed by atoms with van der Waals surface area (Å²) >= 11 is 0. The summed E-state index contributed by atoms with van der Waals surface area (Å²) in [7, 11) is 0. The number of anilines is 1. The van der Waals surface area contributed by atoms with Crippen LogP contribution in [0.4, 0.5) is 5.69 Å². The van der Waals surface area contributed by atoms with Crippen molar-refractivity contribution < 1.29 is 9.53 Å². The first-order valence-corrected chi connectivity index (χ1v) is 6.82. The molecule has 0 saturated carbocycles. The third-order valence-corrected chi connectivity index (χ3v) is 3.23. The summed E-state index contributed by atoms with van der Waals surface area (Å²) in [6.07, 6.45) is 1.67. The molecule has 0 bridgehead atoms. The zero-order valence-electron chi connectivity index (χ0n) is 12.3. The van der Waals surface area contributed by atoms with Crippen molar-refractivity contribution in [2.75, 3.05) is 11.9 Å². The quantitative estimate of drug-likeness (QED) is 0.837. The molecule has 3 nitrogen and oxygen atoms in total. The Kier molecular flexibility index (Phi) is 4.77. The van der Waals surface area contributed by atoms with E-state index in [0.717, 1.165) is 11.3 Å². The van der Waals surface area contributed by atoms with E-state index in [4.69, 9.17) is 4.74 Å². The molecule has 0 atom stereocenters. The van der Waals surface area contributed by atoms with Gasteiger partial charge in [-0.2, -0.15) is 0 Å². The van der Waals surface area contributed by atoms with Crippen molar-refractivity contribution in [2.24, 2.45) is 0 Å². The van der Waals surface area contributed by atoms with Crippen molar-refractivity contribution in [1.29, 1.82) is 0 Å². The number of nitrogens with one attached hydrogen (secondary N) is 1. The number of aryl methyl sites for hydroxylation is 2. The normalized spacial score (nSPS) is 10.0. The first kappa shape index (κ1) is 14.9. The van der Waals surface area contributed by atoms with E-state index in [2.05, 4.69) is 11.9 Å². The maximum absolute atomic E-state index is 12.2. The van der Waals surface area contributed by atoms with E-state index in [9.17, 15) is 4.79 Å². The van der Waals surface area contributed by atoms with Crippen LogP contribution in [0.25, 0.3) is 0 Å². The maximum Gasteiger partial charge on any atom is 0.255 e. The number of hydrogen-bond donors (Lipinski definition) is 1. The van der Waals surface area contributed by atoms with Crippen molar-refractivity contribution in [3.8, 4) is 5.75 Å². The lowest BCUT2D eigenvalue weighted by molar-refractivity contribution is 0.102. The molecule has 0 aliphatic heterocycles. The zero-order chi connectivity index (χ0) is 15.2. The summed E-state index contributed by atoms with van der Waals surface area (Å²) in [4.78, 5) is 12.2. The highest BCUT2D eigenvalue weighted by Gasteiger charge is 2.07. The standard InChI is InChI=1S/C18H19NO2/c1-4-10-21-17-7-5-6-15(12-17)18(20)19-16-9-8-13(2)14(3)11-16/h4-9,11-12H,1,10H2,2-3H3,(H,19,20). The summed E-state index contributed by atoms with van der Waals surface area (Å²) in [5, 5.41) is 2.89. The van der Waals surface area contributed by atoms with Crippen LogP contribution in [0.2, 0.25) is 0 Å². The predicted octanol–water partition coefficient (Wildman–Crippen LogP) is 4.12. The van der Waals surface area contributed by atoms with Crippen molar-refractivity contribution in [1.82, 2.24) is 0 Å². The molecule has 3 heteroatoms. The molecule has 1 N–H and O–H groups in total. The molecule has 0 aliphatic carbocycles. The fraction of sp³-hybridized carbons (Fsp3) is 0.167. The Labute approximate surface area is 125 Å². The predicted molar refractivity (Wildman–Crippen MR) is 86.0 cm³/mol. The van der Waals surface area contributed by atoms with Gasteiger partial charge >= 0.3 is 0 Å². The molecule has 108 valence electrons. The molecule has 2 rings (SSSR count). The molecular formula is C18H19NO2. The molecule has 0 heterocycles. The maximum atomic E-state index is 12.2. The Balaban J connectivity index is 2.12. The Bertz CT molecular complexity index is 662. The minimum absolute atomic E-state index is 0.151. The monoisotopic (exact) mass is 281 g/mol. The van der Waals surface area contributed by atoms with Gasteiger partial charge in [0.05, 0.1) is 0 Å². The Hall–Kier alpha value is -2.55. The molecule has 1 amide bonds. The molecule has 0 saturated heterocycles. The summed E-state index contributed by atoms with van der Waals surface area (Å²) in [5.41, 5.74) is 3.71. The van der Waals surface area contributed by atoms with E-state index in [0.29, 0.717) is 17.9 Å². The van der Waals surface area contributed by atoms with Gasteiger partial charge in [0.1, 0.15) is 12.4 Å². The van der Waals surface area contributed by atoms with Gasteiger partial charge in [0, 0.05) is 11.3 Å². The molecule has 21 heavy (non-hydrogen) atoms. The molecule has 0 aliphatic rings. The lowest BCUT2D eigenvalue weighted by Gasteiger charge is -2.09. The summed E-state index contributed by atoms with van der Waals surface area (Å²) < 4.78 is 5.43. The Morgan fingerprint density at radius 3 is 2.71 bits per heavy atom. The van der Waals surface area contributed by atoms with Crippen LogP contribution < -0.4 is 10.1 Å². The number of rotatable bonds is 5.